The summed E-state index contributed by atoms with van der Waals surface area (Å²) in [6, 6.07) is 13.8. The highest BCUT2D eigenvalue weighted by molar-refractivity contribution is 7.89. The average Bonchev–Trinajstić information content (AvgIpc) is 3.64. The molecule has 208 valence electrons. The molecule has 0 N–H and O–H groups in total. The minimum absolute atomic E-state index is 0.0124. The first-order valence-electron chi connectivity index (χ1n) is 12.8. The highest BCUT2D eigenvalue weighted by Gasteiger charge is 2.53. The van der Waals surface area contributed by atoms with Gasteiger partial charge in [0, 0.05) is 37.8 Å². The summed E-state index contributed by atoms with van der Waals surface area (Å²) >= 11 is 1.32. The number of amides is 1. The zero-order chi connectivity index (χ0) is 28.2. The van der Waals surface area contributed by atoms with Crippen LogP contribution >= 0.6 is 11.3 Å². The van der Waals surface area contributed by atoms with Gasteiger partial charge in [-0.3, -0.25) is 9.59 Å². The second kappa shape index (κ2) is 11.9. The largest absolute Gasteiger partial charge is 0.481 e. The number of carbonyl (C=O) groups is 2. The number of benzene rings is 1. The Morgan fingerprint density at radius 1 is 1.10 bits per heavy atom. The summed E-state index contributed by atoms with van der Waals surface area (Å²) < 4.78 is 30.7. The standard InChI is InChI=1S/C28H34N4O5S2/c1-20-26(23(33)19-39(35,36)31(2)3)30-25(38-20)18-32(16-8-11-21-9-6-5-7-10-21)27(34)28(14-15-28)22-12-13-24(37-4)29-17-22/h5-7,9-10,12-13,17H,8,11,14-16,18-19H2,1-4H3. The minimum atomic E-state index is -3.71. The van der Waals surface area contributed by atoms with Gasteiger partial charge in [0.25, 0.3) is 0 Å². The molecule has 2 aromatic heterocycles. The summed E-state index contributed by atoms with van der Waals surface area (Å²) in [5, 5.41) is 0.606. The summed E-state index contributed by atoms with van der Waals surface area (Å²) in [7, 11) is 0.641. The number of aryl methyl sites for hydroxylation is 2. The van der Waals surface area contributed by atoms with Crippen molar-refractivity contribution in [2.75, 3.05) is 33.5 Å². The number of hydrogen-bond donors (Lipinski definition) is 0. The van der Waals surface area contributed by atoms with E-state index in [4.69, 9.17) is 4.74 Å². The predicted molar refractivity (Wildman–Crippen MR) is 151 cm³/mol. The molecular weight excluding hydrogens is 536 g/mol. The Balaban J connectivity index is 1.55. The molecular formula is C28H34N4O5S2. The zero-order valence-electron chi connectivity index (χ0n) is 22.7. The third kappa shape index (κ3) is 6.71. The van der Waals surface area contributed by atoms with E-state index in [1.165, 1.54) is 31.0 Å². The summed E-state index contributed by atoms with van der Waals surface area (Å²) in [6.07, 6.45) is 4.77. The van der Waals surface area contributed by atoms with Crippen molar-refractivity contribution < 1.29 is 22.7 Å². The number of aromatic nitrogens is 2. The number of ether oxygens (including phenoxy) is 1. The second-order valence-electron chi connectivity index (χ2n) is 9.96. The molecule has 9 nitrogen and oxygen atoms in total. The van der Waals surface area contributed by atoms with E-state index in [1.807, 2.05) is 29.2 Å². The summed E-state index contributed by atoms with van der Waals surface area (Å²) in [4.78, 5) is 38.1. The lowest BCUT2D eigenvalue weighted by molar-refractivity contribution is -0.134. The summed E-state index contributed by atoms with van der Waals surface area (Å²) in [5.41, 5.74) is 1.58. The minimum Gasteiger partial charge on any atom is -0.481 e. The number of nitrogens with zero attached hydrogens (tertiary/aromatic N) is 4. The number of thiazole rings is 1. The van der Waals surface area contributed by atoms with Crippen LogP contribution in [0.1, 0.15) is 50.8 Å². The van der Waals surface area contributed by atoms with Crippen molar-refractivity contribution in [3.8, 4) is 5.88 Å². The molecule has 1 fully saturated rings. The fourth-order valence-electron chi connectivity index (χ4n) is 4.51. The molecule has 1 aromatic carbocycles. The van der Waals surface area contributed by atoms with Gasteiger partial charge < -0.3 is 9.64 Å². The molecule has 0 bridgehead atoms. The fourth-order valence-corrected chi connectivity index (χ4v) is 6.21. The van der Waals surface area contributed by atoms with Gasteiger partial charge in [0.1, 0.15) is 16.5 Å². The van der Waals surface area contributed by atoms with E-state index in [0.29, 0.717) is 22.3 Å². The normalized spacial score (nSPS) is 14.3. The predicted octanol–water partition coefficient (Wildman–Crippen LogP) is 3.62. The van der Waals surface area contributed by atoms with Crippen LogP contribution in [0.2, 0.25) is 0 Å². The number of pyridine rings is 1. The van der Waals surface area contributed by atoms with E-state index in [0.717, 1.165) is 35.6 Å². The number of sulfonamides is 1. The molecule has 39 heavy (non-hydrogen) atoms. The van der Waals surface area contributed by atoms with Gasteiger partial charge in [0.2, 0.25) is 21.8 Å². The molecule has 0 spiro atoms. The number of methoxy groups -OCH3 is 1. The Morgan fingerprint density at radius 2 is 1.82 bits per heavy atom. The monoisotopic (exact) mass is 570 g/mol. The van der Waals surface area contributed by atoms with Gasteiger partial charge in [0.05, 0.1) is 19.1 Å². The highest BCUT2D eigenvalue weighted by Crippen LogP contribution is 2.50. The smallest absolute Gasteiger partial charge is 0.233 e. The number of rotatable bonds is 13. The van der Waals surface area contributed by atoms with E-state index in [1.54, 1.807) is 26.3 Å². The number of Topliss-reactive ketones (excluding diaryl/α,β-unsaturated/α-hetero) is 1. The van der Waals surface area contributed by atoms with Crippen LogP contribution in [0.15, 0.2) is 48.7 Å². The van der Waals surface area contributed by atoms with E-state index in [9.17, 15) is 18.0 Å². The van der Waals surface area contributed by atoms with Gasteiger partial charge in [-0.1, -0.05) is 36.4 Å². The van der Waals surface area contributed by atoms with Crippen molar-refractivity contribution in [1.29, 1.82) is 0 Å². The molecule has 0 aliphatic heterocycles. The van der Waals surface area contributed by atoms with Gasteiger partial charge in [-0.2, -0.15) is 0 Å². The Kier molecular flexibility index (Phi) is 8.83. The van der Waals surface area contributed by atoms with Crippen LogP contribution in [0.4, 0.5) is 0 Å². The van der Waals surface area contributed by atoms with E-state index >= 15 is 0 Å². The quantitative estimate of drug-likeness (QED) is 0.289. The molecule has 0 radical (unpaired) electrons. The average molecular weight is 571 g/mol. The number of carbonyl (C=O) groups excluding carboxylic acids is 2. The maximum Gasteiger partial charge on any atom is 0.233 e. The maximum atomic E-state index is 14.0. The van der Waals surface area contributed by atoms with E-state index in [2.05, 4.69) is 22.1 Å². The van der Waals surface area contributed by atoms with Crippen LogP contribution in [0.3, 0.4) is 0 Å². The molecule has 0 saturated heterocycles. The Labute approximate surface area is 233 Å². The van der Waals surface area contributed by atoms with E-state index in [-0.39, 0.29) is 18.1 Å². The first-order valence-corrected chi connectivity index (χ1v) is 15.2. The SMILES string of the molecule is COc1ccc(C2(C(=O)N(CCCc3ccccc3)Cc3nc(C(=O)CS(=O)(=O)N(C)C)c(C)s3)CC2)cn1. The molecule has 2 heterocycles. The maximum absolute atomic E-state index is 14.0. The molecule has 0 unspecified atom stereocenters. The molecule has 1 aliphatic carbocycles. The van der Waals surface area contributed by atoms with Gasteiger partial charge in [-0.05, 0) is 43.7 Å². The molecule has 0 atom stereocenters. The van der Waals surface area contributed by atoms with Gasteiger partial charge in [-0.15, -0.1) is 11.3 Å². The van der Waals surface area contributed by atoms with Gasteiger partial charge in [-0.25, -0.2) is 22.7 Å². The third-order valence-electron chi connectivity index (χ3n) is 6.98. The fraction of sp³-hybridized carbons (Fsp3) is 0.429. The number of hydrogen-bond acceptors (Lipinski definition) is 8. The lowest BCUT2D eigenvalue weighted by atomic mass is 9.95. The Hall–Kier alpha value is -3.15. The first kappa shape index (κ1) is 28.8. The van der Waals surface area contributed by atoms with Crippen LogP contribution in [-0.2, 0) is 33.2 Å². The van der Waals surface area contributed by atoms with Crippen molar-refractivity contribution in [1.82, 2.24) is 19.2 Å². The highest BCUT2D eigenvalue weighted by atomic mass is 32.2. The van der Waals surface area contributed by atoms with Gasteiger partial charge >= 0.3 is 0 Å². The molecule has 3 aromatic rings. The number of ketones is 1. The van der Waals surface area contributed by atoms with Crippen LogP contribution in [0, 0.1) is 6.92 Å². The summed E-state index contributed by atoms with van der Waals surface area (Å²) in [6.45, 7) is 2.53. The van der Waals surface area contributed by atoms with Crippen molar-refractivity contribution in [2.24, 2.45) is 0 Å². The zero-order valence-corrected chi connectivity index (χ0v) is 24.3. The van der Waals surface area contributed by atoms with Crippen molar-refractivity contribution in [3.63, 3.8) is 0 Å². The summed E-state index contributed by atoms with van der Waals surface area (Å²) in [5.74, 6) is -0.683. The van der Waals surface area contributed by atoms with Crippen LogP contribution in [-0.4, -0.2) is 72.8 Å². The van der Waals surface area contributed by atoms with Crippen LogP contribution in [0.25, 0.3) is 0 Å². The Bertz CT molecular complexity index is 1420. The molecule has 1 saturated carbocycles. The van der Waals surface area contributed by atoms with Crippen LogP contribution < -0.4 is 4.74 Å². The van der Waals surface area contributed by atoms with E-state index < -0.39 is 27.0 Å². The lowest BCUT2D eigenvalue weighted by Crippen LogP contribution is -2.39. The third-order valence-corrected chi connectivity index (χ3v) is 9.68. The van der Waals surface area contributed by atoms with Crippen molar-refractivity contribution >= 4 is 33.1 Å². The van der Waals surface area contributed by atoms with Gasteiger partial charge in [0.15, 0.2) is 5.78 Å². The van der Waals surface area contributed by atoms with Crippen LogP contribution in [0.5, 0.6) is 5.88 Å². The molecule has 11 heteroatoms. The van der Waals surface area contributed by atoms with Crippen molar-refractivity contribution in [2.45, 2.75) is 44.6 Å². The molecule has 1 aliphatic rings. The topological polar surface area (TPSA) is 110 Å². The Morgan fingerprint density at radius 3 is 2.41 bits per heavy atom. The second-order valence-corrected chi connectivity index (χ2v) is 13.4. The molecule has 1 amide bonds. The van der Waals surface area contributed by atoms with Crippen molar-refractivity contribution in [3.05, 3.63) is 75.4 Å². The molecule has 4 rings (SSSR count). The first-order chi connectivity index (χ1) is 18.6. The lowest BCUT2D eigenvalue weighted by Gasteiger charge is -2.27.